The summed E-state index contributed by atoms with van der Waals surface area (Å²) < 4.78 is 27.2. The Kier molecular flexibility index (Phi) is 6.05. The molecule has 0 spiro atoms. The molecule has 0 bridgehead atoms. The Bertz CT molecular complexity index is 545. The van der Waals surface area contributed by atoms with Gasteiger partial charge < -0.3 is 5.11 Å². The topological polar surface area (TPSA) is 66.4 Å². The number of aliphatic hydroxyl groups excluding tert-OH is 1. The first-order chi connectivity index (χ1) is 10.1. The van der Waals surface area contributed by atoms with Gasteiger partial charge in [0.25, 0.3) is 0 Å². The third kappa shape index (κ3) is 4.42. The predicted octanol–water partition coefficient (Wildman–Crippen LogP) is 2.15. The summed E-state index contributed by atoms with van der Waals surface area (Å²) in [5, 5.41) is 9.28. The minimum Gasteiger partial charge on any atom is -0.396 e. The van der Waals surface area contributed by atoms with Gasteiger partial charge in [-0.2, -0.15) is 0 Å². The molecule has 0 amide bonds. The van der Waals surface area contributed by atoms with Crippen molar-refractivity contribution in [1.82, 2.24) is 4.72 Å². The first kappa shape index (κ1) is 16.7. The standard InChI is InChI=1S/C15H22ClNO3S/c16-9-8-12-4-6-15(7-5-12)21(19,20)17-10-13-2-1-3-14(13)11-18/h4-7,13-14,17-18H,1-3,8-11H2. The quantitative estimate of drug-likeness (QED) is 0.752. The lowest BCUT2D eigenvalue weighted by Gasteiger charge is -2.17. The highest BCUT2D eigenvalue weighted by Gasteiger charge is 2.27. The molecule has 1 fully saturated rings. The molecule has 1 aromatic rings. The molecule has 2 unspecified atom stereocenters. The van der Waals surface area contributed by atoms with E-state index in [0.29, 0.717) is 12.4 Å². The molecule has 0 heterocycles. The zero-order chi connectivity index (χ0) is 15.3. The number of benzene rings is 1. The number of alkyl halides is 1. The smallest absolute Gasteiger partial charge is 0.240 e. The molecule has 2 N–H and O–H groups in total. The third-order valence-corrected chi connectivity index (χ3v) is 5.83. The Hall–Kier alpha value is -0.620. The Morgan fingerprint density at radius 2 is 1.86 bits per heavy atom. The van der Waals surface area contributed by atoms with Crippen molar-refractivity contribution in [3.8, 4) is 0 Å². The molecule has 1 aliphatic rings. The number of sulfonamides is 1. The van der Waals surface area contributed by atoms with E-state index in [1.807, 2.05) is 0 Å². The van der Waals surface area contributed by atoms with E-state index in [4.69, 9.17) is 11.6 Å². The fourth-order valence-corrected chi connectivity index (χ4v) is 4.18. The molecule has 118 valence electrons. The molecule has 0 saturated heterocycles. The predicted molar refractivity (Wildman–Crippen MR) is 84.0 cm³/mol. The van der Waals surface area contributed by atoms with Gasteiger partial charge in [-0.15, -0.1) is 11.6 Å². The Labute approximate surface area is 131 Å². The van der Waals surface area contributed by atoms with Crippen molar-refractivity contribution in [2.24, 2.45) is 11.8 Å². The van der Waals surface area contributed by atoms with Crippen molar-refractivity contribution in [3.05, 3.63) is 29.8 Å². The van der Waals surface area contributed by atoms with E-state index in [0.717, 1.165) is 31.2 Å². The first-order valence-electron chi connectivity index (χ1n) is 7.32. The summed E-state index contributed by atoms with van der Waals surface area (Å²) in [5.41, 5.74) is 1.03. The van der Waals surface area contributed by atoms with E-state index in [9.17, 15) is 13.5 Å². The van der Waals surface area contributed by atoms with E-state index in [-0.39, 0.29) is 23.3 Å². The molecule has 21 heavy (non-hydrogen) atoms. The van der Waals surface area contributed by atoms with E-state index < -0.39 is 10.0 Å². The Balaban J connectivity index is 1.97. The second-order valence-electron chi connectivity index (χ2n) is 5.57. The maximum absolute atomic E-state index is 12.3. The maximum Gasteiger partial charge on any atom is 0.240 e. The number of nitrogens with one attached hydrogen (secondary N) is 1. The minimum absolute atomic E-state index is 0.138. The minimum atomic E-state index is -3.48. The van der Waals surface area contributed by atoms with Gasteiger partial charge in [0.2, 0.25) is 10.0 Å². The summed E-state index contributed by atoms with van der Waals surface area (Å²) in [4.78, 5) is 0.277. The van der Waals surface area contributed by atoms with Crippen LogP contribution in [0.3, 0.4) is 0 Å². The van der Waals surface area contributed by atoms with Gasteiger partial charge >= 0.3 is 0 Å². The fraction of sp³-hybridized carbons (Fsp3) is 0.600. The largest absolute Gasteiger partial charge is 0.396 e. The van der Waals surface area contributed by atoms with Crippen LogP contribution in [0.2, 0.25) is 0 Å². The monoisotopic (exact) mass is 331 g/mol. The number of halogens is 1. The van der Waals surface area contributed by atoms with Crippen molar-refractivity contribution in [2.75, 3.05) is 19.0 Å². The van der Waals surface area contributed by atoms with Crippen molar-refractivity contribution >= 4 is 21.6 Å². The van der Waals surface area contributed by atoms with Gasteiger partial charge in [0, 0.05) is 19.0 Å². The summed E-state index contributed by atoms with van der Waals surface area (Å²) in [6, 6.07) is 6.82. The maximum atomic E-state index is 12.3. The molecule has 1 aromatic carbocycles. The van der Waals surface area contributed by atoms with Gasteiger partial charge in [0.15, 0.2) is 0 Å². The molecule has 4 nitrogen and oxygen atoms in total. The number of rotatable bonds is 7. The van der Waals surface area contributed by atoms with Crippen LogP contribution >= 0.6 is 11.6 Å². The molecule has 0 radical (unpaired) electrons. The lowest BCUT2D eigenvalue weighted by molar-refractivity contribution is 0.195. The Morgan fingerprint density at radius 1 is 1.19 bits per heavy atom. The SMILES string of the molecule is O=S(=O)(NCC1CCCC1CO)c1ccc(CCCl)cc1. The number of aliphatic hydroxyl groups is 1. The number of aryl methyl sites for hydroxylation is 1. The van der Waals surface area contributed by atoms with Crippen molar-refractivity contribution in [2.45, 2.75) is 30.6 Å². The van der Waals surface area contributed by atoms with Crippen LogP contribution in [0.25, 0.3) is 0 Å². The summed E-state index contributed by atoms with van der Waals surface area (Å²) in [5.74, 6) is 0.980. The molecule has 0 aliphatic heterocycles. The van der Waals surface area contributed by atoms with Crippen molar-refractivity contribution in [3.63, 3.8) is 0 Å². The number of hydrogen-bond acceptors (Lipinski definition) is 3. The highest BCUT2D eigenvalue weighted by Crippen LogP contribution is 2.30. The van der Waals surface area contributed by atoms with Crippen molar-refractivity contribution < 1.29 is 13.5 Å². The van der Waals surface area contributed by atoms with E-state index >= 15 is 0 Å². The summed E-state index contributed by atoms with van der Waals surface area (Å²) in [6.45, 7) is 0.538. The van der Waals surface area contributed by atoms with E-state index in [2.05, 4.69) is 4.72 Å². The average molecular weight is 332 g/mol. The lowest BCUT2D eigenvalue weighted by Crippen LogP contribution is -2.31. The normalized spacial score (nSPS) is 22.6. The van der Waals surface area contributed by atoms with Crippen LogP contribution in [0.4, 0.5) is 0 Å². The molecule has 1 aliphatic carbocycles. The number of hydrogen-bond donors (Lipinski definition) is 2. The fourth-order valence-electron chi connectivity index (χ4n) is 2.87. The molecular formula is C15H22ClNO3S. The molecular weight excluding hydrogens is 310 g/mol. The van der Waals surface area contributed by atoms with E-state index in [1.54, 1.807) is 24.3 Å². The van der Waals surface area contributed by atoms with Crippen molar-refractivity contribution in [1.29, 1.82) is 0 Å². The van der Waals surface area contributed by atoms with Crippen LogP contribution in [-0.2, 0) is 16.4 Å². The molecule has 0 aromatic heterocycles. The molecule has 1 saturated carbocycles. The second-order valence-corrected chi connectivity index (χ2v) is 7.71. The van der Waals surface area contributed by atoms with Crippen LogP contribution in [0.1, 0.15) is 24.8 Å². The lowest BCUT2D eigenvalue weighted by atomic mass is 9.97. The van der Waals surface area contributed by atoms with Gasteiger partial charge in [-0.3, -0.25) is 0 Å². The zero-order valence-corrected chi connectivity index (χ0v) is 13.5. The molecule has 6 heteroatoms. The summed E-state index contributed by atoms with van der Waals surface area (Å²) in [6.07, 6.45) is 3.75. The first-order valence-corrected chi connectivity index (χ1v) is 9.34. The summed E-state index contributed by atoms with van der Waals surface area (Å²) >= 11 is 5.66. The highest BCUT2D eigenvalue weighted by molar-refractivity contribution is 7.89. The van der Waals surface area contributed by atoms with Crippen LogP contribution in [0, 0.1) is 11.8 Å². The third-order valence-electron chi connectivity index (χ3n) is 4.20. The van der Waals surface area contributed by atoms with Gasteiger partial charge in [0.1, 0.15) is 0 Å². The Morgan fingerprint density at radius 3 is 2.48 bits per heavy atom. The average Bonchev–Trinajstić information content (AvgIpc) is 2.94. The highest BCUT2D eigenvalue weighted by atomic mass is 35.5. The van der Waals surface area contributed by atoms with Crippen LogP contribution < -0.4 is 4.72 Å². The van der Waals surface area contributed by atoms with Gasteiger partial charge in [-0.25, -0.2) is 13.1 Å². The molecule has 2 rings (SSSR count). The van der Waals surface area contributed by atoms with Gasteiger partial charge in [0.05, 0.1) is 4.90 Å². The second kappa shape index (κ2) is 7.58. The van der Waals surface area contributed by atoms with Crippen LogP contribution in [0.5, 0.6) is 0 Å². The van der Waals surface area contributed by atoms with Crippen LogP contribution in [0.15, 0.2) is 29.2 Å². The van der Waals surface area contributed by atoms with Crippen LogP contribution in [-0.4, -0.2) is 32.6 Å². The van der Waals surface area contributed by atoms with E-state index in [1.165, 1.54) is 0 Å². The zero-order valence-electron chi connectivity index (χ0n) is 12.0. The van der Waals surface area contributed by atoms with Gasteiger partial charge in [-0.05, 0) is 48.8 Å². The summed E-state index contributed by atoms with van der Waals surface area (Å²) in [7, 11) is -3.48. The molecule has 2 atom stereocenters. The van der Waals surface area contributed by atoms with Gasteiger partial charge in [-0.1, -0.05) is 18.6 Å².